The zero-order chi connectivity index (χ0) is 22.1. The fourth-order valence-electron chi connectivity index (χ4n) is 4.18. The summed E-state index contributed by atoms with van der Waals surface area (Å²) in [5, 5.41) is 3.21. The number of piperidine rings is 1. The molecule has 0 saturated carbocycles. The molecule has 1 N–H and O–H groups in total. The topological polar surface area (TPSA) is 72.9 Å². The predicted molar refractivity (Wildman–Crippen MR) is 119 cm³/mol. The number of carbonyl (C=O) groups excluding carboxylic acids is 1. The molecule has 0 spiro atoms. The van der Waals surface area contributed by atoms with Crippen LogP contribution in [0.15, 0.2) is 42.6 Å². The highest BCUT2D eigenvalue weighted by atomic mass is 16.5. The van der Waals surface area contributed by atoms with Crippen LogP contribution in [-0.4, -0.2) is 56.8 Å². The van der Waals surface area contributed by atoms with Gasteiger partial charge in [-0.15, -0.1) is 0 Å². The van der Waals surface area contributed by atoms with Gasteiger partial charge in [-0.3, -0.25) is 14.7 Å². The van der Waals surface area contributed by atoms with Crippen molar-refractivity contribution in [2.45, 2.75) is 31.8 Å². The molecule has 1 aliphatic rings. The van der Waals surface area contributed by atoms with Crippen LogP contribution in [0.2, 0.25) is 0 Å². The summed E-state index contributed by atoms with van der Waals surface area (Å²) in [4.78, 5) is 19.5. The van der Waals surface area contributed by atoms with E-state index in [0.717, 1.165) is 49.7 Å². The van der Waals surface area contributed by atoms with Crippen molar-refractivity contribution in [1.29, 1.82) is 0 Å². The van der Waals surface area contributed by atoms with Crippen molar-refractivity contribution in [3.8, 4) is 11.5 Å². The second-order valence-corrected chi connectivity index (χ2v) is 7.87. The van der Waals surface area contributed by atoms with E-state index >= 15 is 0 Å². The van der Waals surface area contributed by atoms with Gasteiger partial charge in [0.05, 0.1) is 32.6 Å². The van der Waals surface area contributed by atoms with E-state index in [4.69, 9.17) is 14.2 Å². The van der Waals surface area contributed by atoms with E-state index in [0.29, 0.717) is 13.0 Å². The van der Waals surface area contributed by atoms with Crippen LogP contribution in [0.4, 0.5) is 0 Å². The Bertz CT molecular complexity index is 831. The Morgan fingerprint density at radius 2 is 2.03 bits per heavy atom. The first-order chi connectivity index (χ1) is 15.1. The molecule has 0 aliphatic carbocycles. The molecule has 1 fully saturated rings. The number of amides is 1. The molecule has 1 aromatic carbocycles. The SMILES string of the molecule is COCCC(=O)N[C@H](c1ccccn1)[C@H]1CCCN(Cc2ccc(OC)c(OC)c2)C1. The van der Waals surface area contributed by atoms with Gasteiger partial charge in [0.2, 0.25) is 5.91 Å². The average molecular weight is 428 g/mol. The molecule has 2 atom stereocenters. The fourth-order valence-corrected chi connectivity index (χ4v) is 4.18. The summed E-state index contributed by atoms with van der Waals surface area (Å²) in [6.07, 6.45) is 4.26. The van der Waals surface area contributed by atoms with E-state index < -0.39 is 0 Å². The molecular formula is C24H33N3O4. The monoisotopic (exact) mass is 427 g/mol. The van der Waals surface area contributed by atoms with E-state index in [2.05, 4.69) is 21.3 Å². The number of benzene rings is 1. The predicted octanol–water partition coefficient (Wildman–Crippen LogP) is 3.20. The molecule has 1 aliphatic heterocycles. The molecular weight excluding hydrogens is 394 g/mol. The van der Waals surface area contributed by atoms with Crippen LogP contribution >= 0.6 is 0 Å². The molecule has 2 heterocycles. The lowest BCUT2D eigenvalue weighted by atomic mass is 9.88. The standard InChI is InChI=1S/C24H33N3O4/c1-29-14-11-23(28)26-24(20-8-4-5-12-25-20)19-7-6-13-27(17-19)16-18-9-10-21(30-2)22(15-18)31-3/h4-5,8-10,12,15,19,24H,6-7,11,13-14,16-17H2,1-3H3,(H,26,28)/t19-,24-/m0/s1. The van der Waals surface area contributed by atoms with E-state index in [-0.39, 0.29) is 17.9 Å². The van der Waals surface area contributed by atoms with Gasteiger partial charge in [-0.1, -0.05) is 12.1 Å². The average Bonchev–Trinajstić information content (AvgIpc) is 2.81. The quantitative estimate of drug-likeness (QED) is 0.628. The second kappa shape index (κ2) is 11.7. The largest absolute Gasteiger partial charge is 0.493 e. The highest BCUT2D eigenvalue weighted by Gasteiger charge is 2.30. The summed E-state index contributed by atoms with van der Waals surface area (Å²) in [5.41, 5.74) is 2.09. The van der Waals surface area contributed by atoms with Crippen molar-refractivity contribution in [2.75, 3.05) is 41.0 Å². The zero-order valence-corrected chi connectivity index (χ0v) is 18.7. The molecule has 31 heavy (non-hydrogen) atoms. The Kier molecular flexibility index (Phi) is 8.67. The van der Waals surface area contributed by atoms with Gasteiger partial charge in [0.1, 0.15) is 0 Å². The smallest absolute Gasteiger partial charge is 0.222 e. The van der Waals surface area contributed by atoms with Crippen molar-refractivity contribution in [1.82, 2.24) is 15.2 Å². The Morgan fingerprint density at radius 3 is 2.74 bits per heavy atom. The lowest BCUT2D eigenvalue weighted by Gasteiger charge is -2.37. The number of hydrogen-bond donors (Lipinski definition) is 1. The minimum atomic E-state index is -0.112. The van der Waals surface area contributed by atoms with Crippen molar-refractivity contribution in [3.05, 3.63) is 53.9 Å². The highest BCUT2D eigenvalue weighted by molar-refractivity contribution is 5.76. The van der Waals surface area contributed by atoms with Crippen molar-refractivity contribution in [3.63, 3.8) is 0 Å². The van der Waals surface area contributed by atoms with E-state index in [1.54, 1.807) is 27.5 Å². The Balaban J connectivity index is 1.71. The summed E-state index contributed by atoms with van der Waals surface area (Å²) < 4.78 is 15.9. The second-order valence-electron chi connectivity index (χ2n) is 7.87. The van der Waals surface area contributed by atoms with Gasteiger partial charge in [-0.05, 0) is 55.1 Å². The van der Waals surface area contributed by atoms with E-state index in [9.17, 15) is 4.79 Å². The number of hydrogen-bond acceptors (Lipinski definition) is 6. The lowest BCUT2D eigenvalue weighted by Crippen LogP contribution is -2.43. The maximum atomic E-state index is 12.5. The summed E-state index contributed by atoms with van der Waals surface area (Å²) in [6, 6.07) is 11.8. The number of rotatable bonds is 10. The Hall–Kier alpha value is -2.64. The zero-order valence-electron chi connectivity index (χ0n) is 18.7. The molecule has 1 aromatic heterocycles. The van der Waals surface area contributed by atoms with Crippen LogP contribution in [0.1, 0.15) is 36.6 Å². The van der Waals surface area contributed by atoms with Crippen LogP contribution < -0.4 is 14.8 Å². The third-order valence-corrected chi connectivity index (χ3v) is 5.72. The minimum Gasteiger partial charge on any atom is -0.493 e. The molecule has 0 radical (unpaired) electrons. The summed E-state index contributed by atoms with van der Waals surface area (Å²) in [7, 11) is 4.91. The summed E-state index contributed by atoms with van der Waals surface area (Å²) >= 11 is 0. The summed E-state index contributed by atoms with van der Waals surface area (Å²) in [6.45, 7) is 3.15. The molecule has 0 unspecified atom stereocenters. The van der Waals surface area contributed by atoms with Crippen molar-refractivity contribution in [2.24, 2.45) is 5.92 Å². The first-order valence-corrected chi connectivity index (χ1v) is 10.8. The van der Waals surface area contributed by atoms with Crippen LogP contribution in [0.25, 0.3) is 0 Å². The van der Waals surface area contributed by atoms with Gasteiger partial charge in [0.15, 0.2) is 11.5 Å². The number of methoxy groups -OCH3 is 3. The molecule has 2 aromatic rings. The fraction of sp³-hybridized carbons (Fsp3) is 0.500. The molecule has 7 heteroatoms. The van der Waals surface area contributed by atoms with E-state index in [1.807, 2.05) is 30.3 Å². The number of pyridine rings is 1. The highest BCUT2D eigenvalue weighted by Crippen LogP contribution is 2.32. The van der Waals surface area contributed by atoms with Gasteiger partial charge < -0.3 is 19.5 Å². The van der Waals surface area contributed by atoms with Crippen molar-refractivity contribution >= 4 is 5.91 Å². The Labute approximate surface area is 184 Å². The number of carbonyl (C=O) groups is 1. The van der Waals surface area contributed by atoms with Gasteiger partial charge >= 0.3 is 0 Å². The third-order valence-electron chi connectivity index (χ3n) is 5.72. The van der Waals surface area contributed by atoms with Crippen molar-refractivity contribution < 1.29 is 19.0 Å². The molecule has 1 amide bonds. The van der Waals surface area contributed by atoms with Crippen LogP contribution in [0.3, 0.4) is 0 Å². The normalized spacial score (nSPS) is 17.7. The molecule has 0 bridgehead atoms. The summed E-state index contributed by atoms with van der Waals surface area (Å²) in [5.74, 6) is 1.76. The maximum Gasteiger partial charge on any atom is 0.222 e. The number of nitrogens with one attached hydrogen (secondary N) is 1. The minimum absolute atomic E-state index is 0.00508. The van der Waals surface area contributed by atoms with Gasteiger partial charge in [-0.2, -0.15) is 0 Å². The number of aromatic nitrogens is 1. The number of ether oxygens (including phenoxy) is 3. The molecule has 168 valence electrons. The number of nitrogens with zero attached hydrogens (tertiary/aromatic N) is 2. The van der Waals surface area contributed by atoms with Gasteiger partial charge in [-0.25, -0.2) is 0 Å². The van der Waals surface area contributed by atoms with Gasteiger partial charge in [0, 0.05) is 32.8 Å². The van der Waals surface area contributed by atoms with Crippen LogP contribution in [-0.2, 0) is 16.1 Å². The first-order valence-electron chi connectivity index (χ1n) is 10.8. The number of likely N-dealkylation sites (tertiary alicyclic amines) is 1. The van der Waals surface area contributed by atoms with Crippen LogP contribution in [0, 0.1) is 5.92 Å². The maximum absolute atomic E-state index is 12.5. The van der Waals surface area contributed by atoms with Crippen LogP contribution in [0.5, 0.6) is 11.5 Å². The molecule has 1 saturated heterocycles. The lowest BCUT2D eigenvalue weighted by molar-refractivity contribution is -0.123. The molecule has 3 rings (SSSR count). The van der Waals surface area contributed by atoms with Gasteiger partial charge in [0.25, 0.3) is 0 Å². The Morgan fingerprint density at radius 1 is 1.19 bits per heavy atom. The third kappa shape index (κ3) is 6.42. The molecule has 7 nitrogen and oxygen atoms in total. The van der Waals surface area contributed by atoms with E-state index in [1.165, 1.54) is 5.56 Å². The first kappa shape index (κ1) is 23.0.